The number of hydrogen-bond acceptors (Lipinski definition) is 5. The van der Waals surface area contributed by atoms with E-state index in [4.69, 9.17) is 4.74 Å². The van der Waals surface area contributed by atoms with Crippen LogP contribution in [0.15, 0.2) is 36.4 Å². The SMILES string of the molecule is O=C(NCCn1nc(C(=O)NC2CC2)c2c1CCOC2)c1ccc2ccccc2n1. The molecule has 2 aliphatic rings. The van der Waals surface area contributed by atoms with E-state index >= 15 is 0 Å². The number of nitrogens with zero attached hydrogens (tertiary/aromatic N) is 3. The summed E-state index contributed by atoms with van der Waals surface area (Å²) in [5, 5.41) is 11.4. The zero-order chi connectivity index (χ0) is 20.5. The molecule has 0 radical (unpaired) electrons. The maximum atomic E-state index is 12.5. The smallest absolute Gasteiger partial charge is 0.272 e. The summed E-state index contributed by atoms with van der Waals surface area (Å²) in [5.74, 6) is -0.362. The first-order chi connectivity index (χ1) is 14.7. The summed E-state index contributed by atoms with van der Waals surface area (Å²) < 4.78 is 7.37. The fourth-order valence-corrected chi connectivity index (χ4v) is 3.72. The van der Waals surface area contributed by atoms with Gasteiger partial charge in [-0.05, 0) is 25.0 Å². The van der Waals surface area contributed by atoms with Crippen LogP contribution in [0.25, 0.3) is 10.9 Å². The highest BCUT2D eigenvalue weighted by molar-refractivity contribution is 5.95. The Morgan fingerprint density at radius 2 is 2.00 bits per heavy atom. The van der Waals surface area contributed by atoms with E-state index in [1.807, 2.05) is 35.0 Å². The van der Waals surface area contributed by atoms with Gasteiger partial charge in [0.15, 0.2) is 5.69 Å². The Morgan fingerprint density at radius 1 is 1.13 bits per heavy atom. The summed E-state index contributed by atoms with van der Waals surface area (Å²) in [5.41, 5.74) is 3.49. The number of pyridine rings is 1. The number of ether oxygens (including phenoxy) is 1. The van der Waals surface area contributed by atoms with E-state index in [0.717, 1.165) is 35.0 Å². The van der Waals surface area contributed by atoms with Crippen LogP contribution < -0.4 is 10.6 Å². The first-order valence-corrected chi connectivity index (χ1v) is 10.3. The lowest BCUT2D eigenvalue weighted by Gasteiger charge is -2.15. The molecule has 3 heterocycles. The van der Waals surface area contributed by atoms with Gasteiger partial charge in [0, 0.05) is 35.7 Å². The molecule has 154 valence electrons. The molecule has 30 heavy (non-hydrogen) atoms. The molecule has 2 aromatic heterocycles. The van der Waals surface area contributed by atoms with Crippen molar-refractivity contribution in [2.75, 3.05) is 13.2 Å². The second-order valence-electron chi connectivity index (χ2n) is 7.69. The quantitative estimate of drug-likeness (QED) is 0.652. The zero-order valence-corrected chi connectivity index (χ0v) is 16.6. The molecule has 0 atom stereocenters. The molecule has 8 heteroatoms. The van der Waals surface area contributed by atoms with Crippen LogP contribution in [0.2, 0.25) is 0 Å². The summed E-state index contributed by atoms with van der Waals surface area (Å²) in [4.78, 5) is 29.5. The molecule has 8 nitrogen and oxygen atoms in total. The second kappa shape index (κ2) is 7.87. The van der Waals surface area contributed by atoms with Crippen LogP contribution in [-0.4, -0.2) is 45.8 Å². The van der Waals surface area contributed by atoms with Gasteiger partial charge in [-0.15, -0.1) is 0 Å². The highest BCUT2D eigenvalue weighted by Crippen LogP contribution is 2.23. The number of nitrogens with one attached hydrogen (secondary N) is 2. The van der Waals surface area contributed by atoms with Gasteiger partial charge in [-0.1, -0.05) is 24.3 Å². The van der Waals surface area contributed by atoms with Crippen LogP contribution in [0.5, 0.6) is 0 Å². The van der Waals surface area contributed by atoms with Crippen LogP contribution in [0.3, 0.4) is 0 Å². The Labute approximate surface area is 173 Å². The number of aromatic nitrogens is 3. The standard InChI is InChI=1S/C22H23N5O3/c28-21(18-8-5-14-3-1-2-4-17(14)25-18)23-10-11-27-19-9-12-30-13-16(19)20(26-27)22(29)24-15-6-7-15/h1-5,8,15H,6-7,9-13H2,(H,23,28)(H,24,29). The molecule has 0 saturated heterocycles. The molecule has 1 fully saturated rings. The van der Waals surface area contributed by atoms with Crippen molar-refractivity contribution in [1.29, 1.82) is 0 Å². The Kier molecular flexibility index (Phi) is 4.92. The Morgan fingerprint density at radius 3 is 2.87 bits per heavy atom. The van der Waals surface area contributed by atoms with Crippen molar-refractivity contribution in [1.82, 2.24) is 25.4 Å². The molecule has 0 bridgehead atoms. The molecule has 2 N–H and O–H groups in total. The third-order valence-electron chi connectivity index (χ3n) is 5.46. The van der Waals surface area contributed by atoms with Crippen LogP contribution in [0, 0.1) is 0 Å². The maximum Gasteiger partial charge on any atom is 0.272 e. The summed E-state index contributed by atoms with van der Waals surface area (Å²) in [7, 11) is 0. The molecule has 3 aromatic rings. The number of amides is 2. The lowest BCUT2D eigenvalue weighted by atomic mass is 10.1. The molecule has 2 amide bonds. The number of fused-ring (bicyclic) bond motifs is 2. The minimum absolute atomic E-state index is 0.137. The minimum Gasteiger partial charge on any atom is -0.376 e. The highest BCUT2D eigenvalue weighted by Gasteiger charge is 2.29. The van der Waals surface area contributed by atoms with Crippen LogP contribution in [-0.2, 0) is 24.3 Å². The van der Waals surface area contributed by atoms with Gasteiger partial charge >= 0.3 is 0 Å². The summed E-state index contributed by atoms with van der Waals surface area (Å²) >= 11 is 0. The van der Waals surface area contributed by atoms with Crippen molar-refractivity contribution >= 4 is 22.7 Å². The van der Waals surface area contributed by atoms with E-state index in [9.17, 15) is 9.59 Å². The lowest BCUT2D eigenvalue weighted by molar-refractivity contribution is 0.0921. The number of para-hydroxylation sites is 1. The Bertz CT molecular complexity index is 1120. The summed E-state index contributed by atoms with van der Waals surface area (Å²) in [6.07, 6.45) is 2.76. The molecule has 1 saturated carbocycles. The predicted molar refractivity (Wildman–Crippen MR) is 110 cm³/mol. The normalized spacial score (nSPS) is 15.6. The third kappa shape index (κ3) is 3.78. The number of rotatable bonds is 6. The van der Waals surface area contributed by atoms with Gasteiger partial charge in [0.05, 0.1) is 25.3 Å². The fraction of sp³-hybridized carbons (Fsp3) is 0.364. The first-order valence-electron chi connectivity index (χ1n) is 10.3. The predicted octanol–water partition coefficient (Wildman–Crippen LogP) is 1.83. The Balaban J connectivity index is 1.27. The average Bonchev–Trinajstić information content (AvgIpc) is 3.52. The fourth-order valence-electron chi connectivity index (χ4n) is 3.72. The third-order valence-corrected chi connectivity index (χ3v) is 5.46. The van der Waals surface area contributed by atoms with Crippen molar-refractivity contribution < 1.29 is 14.3 Å². The van der Waals surface area contributed by atoms with E-state index < -0.39 is 0 Å². The molecule has 1 aliphatic carbocycles. The number of carbonyl (C=O) groups excluding carboxylic acids is 2. The van der Waals surface area contributed by atoms with Gasteiger partial charge < -0.3 is 15.4 Å². The lowest BCUT2D eigenvalue weighted by Crippen LogP contribution is -2.29. The molecule has 0 unspecified atom stereocenters. The van der Waals surface area contributed by atoms with E-state index in [2.05, 4.69) is 20.7 Å². The number of benzene rings is 1. The van der Waals surface area contributed by atoms with Crippen LogP contribution >= 0.6 is 0 Å². The van der Waals surface area contributed by atoms with Gasteiger partial charge in [0.2, 0.25) is 0 Å². The van der Waals surface area contributed by atoms with Crippen molar-refractivity contribution in [3.63, 3.8) is 0 Å². The topological polar surface area (TPSA) is 98.1 Å². The van der Waals surface area contributed by atoms with Crippen molar-refractivity contribution in [3.8, 4) is 0 Å². The van der Waals surface area contributed by atoms with Crippen molar-refractivity contribution in [2.45, 2.75) is 38.5 Å². The van der Waals surface area contributed by atoms with Gasteiger partial charge in [-0.3, -0.25) is 14.3 Å². The highest BCUT2D eigenvalue weighted by atomic mass is 16.5. The van der Waals surface area contributed by atoms with E-state index in [0.29, 0.717) is 44.1 Å². The van der Waals surface area contributed by atoms with E-state index in [-0.39, 0.29) is 17.9 Å². The Hall–Kier alpha value is -3.26. The number of hydrogen-bond donors (Lipinski definition) is 2. The molecular formula is C22H23N5O3. The molecule has 5 rings (SSSR count). The minimum atomic E-state index is -0.225. The van der Waals surface area contributed by atoms with Crippen molar-refractivity contribution in [3.05, 3.63) is 59.0 Å². The zero-order valence-electron chi connectivity index (χ0n) is 16.6. The van der Waals surface area contributed by atoms with Gasteiger partial charge in [0.1, 0.15) is 5.69 Å². The first kappa shape index (κ1) is 18.7. The number of carbonyl (C=O) groups is 2. The van der Waals surface area contributed by atoms with Gasteiger partial charge in [0.25, 0.3) is 11.8 Å². The van der Waals surface area contributed by atoms with Crippen LogP contribution in [0.1, 0.15) is 45.1 Å². The van der Waals surface area contributed by atoms with Crippen molar-refractivity contribution in [2.24, 2.45) is 0 Å². The maximum absolute atomic E-state index is 12.5. The average molecular weight is 405 g/mol. The molecule has 1 aliphatic heterocycles. The molecule has 1 aromatic carbocycles. The van der Waals surface area contributed by atoms with Gasteiger partial charge in [-0.2, -0.15) is 5.10 Å². The summed E-state index contributed by atoms with van der Waals surface area (Å²) in [6.45, 7) is 1.89. The van der Waals surface area contributed by atoms with Gasteiger partial charge in [-0.25, -0.2) is 4.98 Å². The second-order valence-corrected chi connectivity index (χ2v) is 7.69. The van der Waals surface area contributed by atoms with E-state index in [1.54, 1.807) is 6.07 Å². The monoisotopic (exact) mass is 405 g/mol. The summed E-state index contributed by atoms with van der Waals surface area (Å²) in [6, 6.07) is 11.6. The van der Waals surface area contributed by atoms with Crippen LogP contribution in [0.4, 0.5) is 0 Å². The molecular weight excluding hydrogens is 382 g/mol. The van der Waals surface area contributed by atoms with E-state index in [1.165, 1.54) is 0 Å². The molecule has 0 spiro atoms. The largest absolute Gasteiger partial charge is 0.376 e.